The quantitative estimate of drug-likeness (QED) is 0.856. The average molecular weight is 340 g/mol. The fourth-order valence-electron chi connectivity index (χ4n) is 4.10. The van der Waals surface area contributed by atoms with Crippen molar-refractivity contribution in [2.24, 2.45) is 13.0 Å². The molecule has 6 nitrogen and oxygen atoms in total. The topological polar surface area (TPSA) is 50.1 Å². The van der Waals surface area contributed by atoms with Crippen LogP contribution < -0.4 is 4.90 Å². The number of hydrogen-bond donors (Lipinski definition) is 0. The Labute approximate surface area is 149 Å². The molecular weight excluding hydrogens is 312 g/mol. The molecule has 0 spiro atoms. The summed E-state index contributed by atoms with van der Waals surface area (Å²) in [5.41, 5.74) is 1.92. The summed E-state index contributed by atoms with van der Waals surface area (Å²) in [5.74, 6) is 1.91. The third kappa shape index (κ3) is 4.00. The molecule has 1 saturated heterocycles. The van der Waals surface area contributed by atoms with Gasteiger partial charge in [0.1, 0.15) is 5.82 Å². The molecule has 2 aromatic heterocycles. The van der Waals surface area contributed by atoms with E-state index in [1.807, 2.05) is 31.8 Å². The first-order valence-electron chi connectivity index (χ1n) is 9.56. The van der Waals surface area contributed by atoms with Crippen LogP contribution in [-0.2, 0) is 7.05 Å². The summed E-state index contributed by atoms with van der Waals surface area (Å²) in [5, 5.41) is 4.23. The van der Waals surface area contributed by atoms with Gasteiger partial charge >= 0.3 is 0 Å². The molecule has 0 amide bonds. The van der Waals surface area contributed by atoms with Crippen LogP contribution in [-0.4, -0.2) is 57.4 Å². The summed E-state index contributed by atoms with van der Waals surface area (Å²) in [7, 11) is 1.92. The fraction of sp³-hybridized carbons (Fsp3) is 0.632. The van der Waals surface area contributed by atoms with Crippen molar-refractivity contribution in [3.8, 4) is 11.3 Å². The molecule has 1 aliphatic heterocycles. The maximum absolute atomic E-state index is 4.81. The summed E-state index contributed by atoms with van der Waals surface area (Å²) in [6.45, 7) is 5.63. The van der Waals surface area contributed by atoms with Crippen LogP contribution in [0.2, 0.25) is 0 Å². The van der Waals surface area contributed by atoms with Crippen LogP contribution in [0.1, 0.15) is 32.1 Å². The summed E-state index contributed by atoms with van der Waals surface area (Å²) < 4.78 is 1.80. The molecule has 3 heterocycles. The predicted molar refractivity (Wildman–Crippen MR) is 99.5 cm³/mol. The lowest BCUT2D eigenvalue weighted by molar-refractivity contribution is 0.191. The van der Waals surface area contributed by atoms with Gasteiger partial charge in [-0.05, 0) is 18.8 Å². The van der Waals surface area contributed by atoms with Crippen molar-refractivity contribution in [2.45, 2.75) is 32.1 Å². The monoisotopic (exact) mass is 340 g/mol. The fourth-order valence-corrected chi connectivity index (χ4v) is 4.10. The third-order valence-corrected chi connectivity index (χ3v) is 5.56. The Morgan fingerprint density at radius 2 is 1.80 bits per heavy atom. The number of anilines is 1. The molecule has 0 unspecified atom stereocenters. The zero-order chi connectivity index (χ0) is 17.1. The van der Waals surface area contributed by atoms with Gasteiger partial charge in [-0.15, -0.1) is 0 Å². The minimum atomic E-state index is 0.898. The molecule has 0 radical (unpaired) electrons. The molecule has 134 valence electrons. The predicted octanol–water partition coefficient (Wildman–Crippen LogP) is 2.58. The summed E-state index contributed by atoms with van der Waals surface area (Å²) >= 11 is 0. The van der Waals surface area contributed by atoms with Crippen molar-refractivity contribution < 1.29 is 0 Å². The maximum atomic E-state index is 4.81. The Morgan fingerprint density at radius 1 is 1.00 bits per heavy atom. The van der Waals surface area contributed by atoms with E-state index in [0.29, 0.717) is 0 Å². The molecule has 0 atom stereocenters. The van der Waals surface area contributed by atoms with Crippen molar-refractivity contribution in [3.05, 3.63) is 24.8 Å². The number of nitrogens with zero attached hydrogens (tertiary/aromatic N) is 6. The van der Waals surface area contributed by atoms with Gasteiger partial charge in [0, 0.05) is 51.5 Å². The Bertz CT molecular complexity index is 683. The first-order valence-corrected chi connectivity index (χ1v) is 9.56. The van der Waals surface area contributed by atoms with E-state index in [-0.39, 0.29) is 0 Å². The second kappa shape index (κ2) is 7.52. The van der Waals surface area contributed by atoms with Crippen molar-refractivity contribution in [3.63, 3.8) is 0 Å². The van der Waals surface area contributed by atoms with Gasteiger partial charge in [-0.25, -0.2) is 4.98 Å². The van der Waals surface area contributed by atoms with E-state index in [9.17, 15) is 0 Å². The van der Waals surface area contributed by atoms with Gasteiger partial charge in [-0.3, -0.25) is 14.6 Å². The van der Waals surface area contributed by atoms with Crippen LogP contribution in [0.4, 0.5) is 5.82 Å². The average Bonchev–Trinajstić information content (AvgIpc) is 3.10. The number of hydrogen-bond acceptors (Lipinski definition) is 5. The summed E-state index contributed by atoms with van der Waals surface area (Å²) in [6.07, 6.45) is 14.7. The van der Waals surface area contributed by atoms with Gasteiger partial charge < -0.3 is 4.90 Å². The highest BCUT2D eigenvalue weighted by atomic mass is 15.3. The van der Waals surface area contributed by atoms with Gasteiger partial charge in [0.05, 0.1) is 24.3 Å². The van der Waals surface area contributed by atoms with Crippen LogP contribution in [0, 0.1) is 5.92 Å². The third-order valence-electron chi connectivity index (χ3n) is 5.56. The van der Waals surface area contributed by atoms with E-state index >= 15 is 0 Å². The number of aryl methyl sites for hydroxylation is 1. The molecule has 0 bridgehead atoms. The van der Waals surface area contributed by atoms with E-state index in [0.717, 1.165) is 49.2 Å². The van der Waals surface area contributed by atoms with Crippen molar-refractivity contribution in [1.82, 2.24) is 24.6 Å². The van der Waals surface area contributed by atoms with Gasteiger partial charge in [-0.1, -0.05) is 19.3 Å². The molecule has 6 heteroatoms. The Kier molecular flexibility index (Phi) is 4.97. The first-order chi connectivity index (χ1) is 12.3. The van der Waals surface area contributed by atoms with Crippen LogP contribution in [0.15, 0.2) is 24.8 Å². The number of piperazine rings is 1. The molecule has 0 aromatic carbocycles. The van der Waals surface area contributed by atoms with Gasteiger partial charge in [0.2, 0.25) is 0 Å². The minimum Gasteiger partial charge on any atom is -0.353 e. The number of rotatable bonds is 4. The maximum Gasteiger partial charge on any atom is 0.147 e. The molecule has 2 aromatic rings. The van der Waals surface area contributed by atoms with E-state index in [1.54, 1.807) is 4.68 Å². The highest BCUT2D eigenvalue weighted by molar-refractivity contribution is 5.58. The van der Waals surface area contributed by atoms with Crippen LogP contribution in [0.5, 0.6) is 0 Å². The lowest BCUT2D eigenvalue weighted by Gasteiger charge is -2.37. The van der Waals surface area contributed by atoms with Gasteiger partial charge in [-0.2, -0.15) is 5.10 Å². The molecule has 4 rings (SSSR count). The van der Waals surface area contributed by atoms with Gasteiger partial charge in [0.25, 0.3) is 0 Å². The Morgan fingerprint density at radius 3 is 2.52 bits per heavy atom. The smallest absolute Gasteiger partial charge is 0.147 e. The molecule has 2 fully saturated rings. The standard InChI is InChI=1S/C19H28N6/c1-23-15-17(11-21-23)18-12-20-13-19(22-18)25-9-7-24(8-10-25)14-16-5-3-2-4-6-16/h11-13,15-16H,2-10,14H2,1H3. The Balaban J connectivity index is 1.36. The summed E-state index contributed by atoms with van der Waals surface area (Å²) in [4.78, 5) is 14.2. The second-order valence-corrected chi connectivity index (χ2v) is 7.46. The zero-order valence-corrected chi connectivity index (χ0v) is 15.1. The zero-order valence-electron chi connectivity index (χ0n) is 15.1. The van der Waals surface area contributed by atoms with E-state index in [4.69, 9.17) is 4.98 Å². The van der Waals surface area contributed by atoms with Crippen molar-refractivity contribution >= 4 is 5.82 Å². The largest absolute Gasteiger partial charge is 0.353 e. The molecular formula is C19H28N6. The van der Waals surface area contributed by atoms with E-state index < -0.39 is 0 Å². The number of aromatic nitrogens is 4. The molecule has 0 N–H and O–H groups in total. The lowest BCUT2D eigenvalue weighted by Crippen LogP contribution is -2.48. The van der Waals surface area contributed by atoms with Crippen LogP contribution >= 0.6 is 0 Å². The minimum absolute atomic E-state index is 0.898. The normalized spacial score (nSPS) is 20.1. The highest BCUT2D eigenvalue weighted by Crippen LogP contribution is 2.25. The molecule has 2 aliphatic rings. The highest BCUT2D eigenvalue weighted by Gasteiger charge is 2.22. The SMILES string of the molecule is Cn1cc(-c2cncc(N3CCN(CC4CCCCC4)CC3)n2)cn1. The lowest BCUT2D eigenvalue weighted by atomic mass is 9.89. The van der Waals surface area contributed by atoms with E-state index in [2.05, 4.69) is 19.9 Å². The summed E-state index contributed by atoms with van der Waals surface area (Å²) in [6, 6.07) is 0. The van der Waals surface area contributed by atoms with Gasteiger partial charge in [0.15, 0.2) is 0 Å². The molecule has 1 aliphatic carbocycles. The Hall–Kier alpha value is -1.95. The molecule has 25 heavy (non-hydrogen) atoms. The van der Waals surface area contributed by atoms with E-state index in [1.165, 1.54) is 38.6 Å². The first kappa shape index (κ1) is 16.5. The van der Waals surface area contributed by atoms with Crippen molar-refractivity contribution in [2.75, 3.05) is 37.6 Å². The van der Waals surface area contributed by atoms with Crippen LogP contribution in [0.3, 0.4) is 0 Å². The van der Waals surface area contributed by atoms with Crippen molar-refractivity contribution in [1.29, 1.82) is 0 Å². The molecule has 1 saturated carbocycles. The second-order valence-electron chi connectivity index (χ2n) is 7.46. The van der Waals surface area contributed by atoms with Crippen LogP contribution in [0.25, 0.3) is 11.3 Å².